The summed E-state index contributed by atoms with van der Waals surface area (Å²) in [4.78, 5) is 2.51. The fraction of sp³-hybridized carbons (Fsp3) is 0.667. The fourth-order valence-corrected chi connectivity index (χ4v) is 2.83. The molecule has 1 aliphatic rings. The molecule has 0 aromatic carbocycles. The Bertz CT molecular complexity index is 469. The minimum atomic E-state index is 0.743. The molecular weight excluding hydrogens is 236 g/mol. The van der Waals surface area contributed by atoms with Crippen LogP contribution in [0.5, 0.6) is 0 Å². The maximum atomic E-state index is 9.01. The highest BCUT2D eigenvalue weighted by Crippen LogP contribution is 2.16. The Labute approximate surface area is 116 Å². The summed E-state index contributed by atoms with van der Waals surface area (Å²) in [7, 11) is 1.95. The van der Waals surface area contributed by atoms with E-state index in [4.69, 9.17) is 5.26 Å². The van der Waals surface area contributed by atoms with Gasteiger partial charge in [0.2, 0.25) is 0 Å². The number of likely N-dealkylation sites (tertiary alicyclic amines) is 1. The van der Waals surface area contributed by atoms with Gasteiger partial charge in [-0.1, -0.05) is 6.92 Å². The first kappa shape index (κ1) is 14.1. The second-order valence-electron chi connectivity index (χ2n) is 5.49. The van der Waals surface area contributed by atoms with Gasteiger partial charge in [0.25, 0.3) is 0 Å². The van der Waals surface area contributed by atoms with Gasteiger partial charge in [0.05, 0.1) is 0 Å². The molecule has 1 aromatic heterocycles. The Morgan fingerprint density at radius 3 is 2.89 bits per heavy atom. The van der Waals surface area contributed by atoms with E-state index >= 15 is 0 Å². The van der Waals surface area contributed by atoms with Crippen molar-refractivity contribution in [3.63, 3.8) is 0 Å². The molecule has 104 valence electrons. The van der Waals surface area contributed by atoms with Crippen molar-refractivity contribution >= 4 is 0 Å². The van der Waals surface area contributed by atoms with Crippen LogP contribution in [0.2, 0.25) is 0 Å². The molecule has 0 saturated carbocycles. The summed E-state index contributed by atoms with van der Waals surface area (Å²) in [5.74, 6) is 0.777. The summed E-state index contributed by atoms with van der Waals surface area (Å²) >= 11 is 0. The van der Waals surface area contributed by atoms with Gasteiger partial charge >= 0.3 is 0 Å². The summed E-state index contributed by atoms with van der Waals surface area (Å²) in [6.45, 7) is 9.88. The quantitative estimate of drug-likeness (QED) is 0.875. The van der Waals surface area contributed by atoms with Crippen molar-refractivity contribution in [1.29, 1.82) is 5.26 Å². The van der Waals surface area contributed by atoms with Crippen molar-refractivity contribution in [2.75, 3.05) is 26.2 Å². The first-order valence-electron chi connectivity index (χ1n) is 7.14. The van der Waals surface area contributed by atoms with Gasteiger partial charge in [-0.25, -0.2) is 0 Å². The smallest absolute Gasteiger partial charge is 0.120 e. The molecule has 4 heteroatoms. The van der Waals surface area contributed by atoms with Crippen LogP contribution in [-0.4, -0.2) is 35.6 Å². The summed E-state index contributed by atoms with van der Waals surface area (Å²) in [6.07, 6.45) is 1.30. The number of aromatic nitrogens is 1. The third-order valence-electron chi connectivity index (χ3n) is 4.32. The average Bonchev–Trinajstić information content (AvgIpc) is 2.98. The first-order valence-corrected chi connectivity index (χ1v) is 7.14. The van der Waals surface area contributed by atoms with Crippen molar-refractivity contribution in [1.82, 2.24) is 14.8 Å². The summed E-state index contributed by atoms with van der Waals surface area (Å²) in [5.41, 5.74) is 3.17. The lowest BCUT2D eigenvalue weighted by Crippen LogP contribution is -2.26. The van der Waals surface area contributed by atoms with Crippen LogP contribution in [0.1, 0.15) is 30.3 Å². The van der Waals surface area contributed by atoms with Crippen LogP contribution in [0.3, 0.4) is 0 Å². The maximum Gasteiger partial charge on any atom is 0.120 e. The highest BCUT2D eigenvalue weighted by Gasteiger charge is 2.20. The number of nitrogens with one attached hydrogen (secondary N) is 1. The van der Waals surface area contributed by atoms with Crippen LogP contribution in [0.4, 0.5) is 0 Å². The molecule has 19 heavy (non-hydrogen) atoms. The minimum absolute atomic E-state index is 0.743. The van der Waals surface area contributed by atoms with Crippen LogP contribution in [-0.2, 0) is 13.6 Å². The third kappa shape index (κ3) is 3.17. The molecular formula is C15H24N4. The molecule has 2 heterocycles. The Morgan fingerprint density at radius 2 is 2.32 bits per heavy atom. The standard InChI is InChI=1S/C15H24N4/c1-4-19-6-5-13(11-19)9-17-10-14-7-15(8-16)18(3)12(14)2/h7,13,17H,4-6,9-11H2,1-3H3. The maximum absolute atomic E-state index is 9.01. The highest BCUT2D eigenvalue weighted by atomic mass is 15.1. The number of nitriles is 1. The number of nitrogens with zero attached hydrogens (tertiary/aromatic N) is 3. The predicted octanol–water partition coefficient (Wildman–Crippen LogP) is 1.64. The Hall–Kier alpha value is -1.31. The Morgan fingerprint density at radius 1 is 1.53 bits per heavy atom. The van der Waals surface area contributed by atoms with Crippen LogP contribution in [0.25, 0.3) is 0 Å². The summed E-state index contributed by atoms with van der Waals surface area (Å²) < 4.78 is 1.96. The lowest BCUT2D eigenvalue weighted by molar-refractivity contribution is 0.339. The molecule has 1 aromatic rings. The third-order valence-corrected chi connectivity index (χ3v) is 4.32. The van der Waals surface area contributed by atoms with Crippen LogP contribution < -0.4 is 5.32 Å². The summed E-state index contributed by atoms with van der Waals surface area (Å²) in [5, 5.41) is 12.6. The van der Waals surface area contributed by atoms with Gasteiger partial charge in [0.15, 0.2) is 0 Å². The van der Waals surface area contributed by atoms with Crippen LogP contribution in [0, 0.1) is 24.2 Å². The lowest BCUT2D eigenvalue weighted by atomic mass is 10.1. The molecule has 0 amide bonds. The number of hydrogen-bond donors (Lipinski definition) is 1. The topological polar surface area (TPSA) is 44.0 Å². The van der Waals surface area contributed by atoms with E-state index in [1.807, 2.05) is 17.7 Å². The van der Waals surface area contributed by atoms with Crippen molar-refractivity contribution in [3.05, 3.63) is 23.0 Å². The van der Waals surface area contributed by atoms with E-state index in [2.05, 4.69) is 30.1 Å². The molecule has 0 aliphatic carbocycles. The van der Waals surface area contributed by atoms with E-state index in [1.54, 1.807) is 0 Å². The lowest BCUT2D eigenvalue weighted by Gasteiger charge is -2.13. The highest BCUT2D eigenvalue weighted by molar-refractivity contribution is 5.34. The number of hydrogen-bond acceptors (Lipinski definition) is 3. The van der Waals surface area contributed by atoms with Gasteiger partial charge in [-0.3, -0.25) is 0 Å². The Kier molecular flexibility index (Phi) is 4.62. The van der Waals surface area contributed by atoms with Gasteiger partial charge in [0.1, 0.15) is 11.8 Å². The Balaban J connectivity index is 1.82. The SMILES string of the molecule is CCN1CCC(CNCc2cc(C#N)n(C)c2C)C1. The normalized spacial score (nSPS) is 19.8. The van der Waals surface area contributed by atoms with Crippen molar-refractivity contribution in [3.8, 4) is 6.07 Å². The second kappa shape index (κ2) is 6.23. The van der Waals surface area contributed by atoms with Gasteiger partial charge in [-0.05, 0) is 50.5 Å². The second-order valence-corrected chi connectivity index (χ2v) is 5.49. The van der Waals surface area contributed by atoms with E-state index in [0.717, 1.165) is 24.7 Å². The molecule has 1 N–H and O–H groups in total. The minimum Gasteiger partial charge on any atom is -0.340 e. The molecule has 1 fully saturated rings. The van der Waals surface area contributed by atoms with Gasteiger partial charge < -0.3 is 14.8 Å². The molecule has 0 spiro atoms. The molecule has 2 rings (SSSR count). The van der Waals surface area contributed by atoms with Gasteiger partial charge in [0, 0.05) is 25.8 Å². The van der Waals surface area contributed by atoms with E-state index in [1.165, 1.54) is 37.3 Å². The van der Waals surface area contributed by atoms with E-state index in [0.29, 0.717) is 0 Å². The fourth-order valence-electron chi connectivity index (χ4n) is 2.83. The zero-order valence-corrected chi connectivity index (χ0v) is 12.2. The van der Waals surface area contributed by atoms with Gasteiger partial charge in [-0.2, -0.15) is 5.26 Å². The molecule has 0 radical (unpaired) electrons. The van der Waals surface area contributed by atoms with Crippen molar-refractivity contribution in [2.45, 2.75) is 26.8 Å². The zero-order chi connectivity index (χ0) is 13.8. The van der Waals surface area contributed by atoms with Crippen molar-refractivity contribution < 1.29 is 0 Å². The summed E-state index contributed by atoms with van der Waals surface area (Å²) in [6, 6.07) is 4.23. The zero-order valence-electron chi connectivity index (χ0n) is 12.2. The van der Waals surface area contributed by atoms with Gasteiger partial charge in [-0.15, -0.1) is 0 Å². The molecule has 1 aliphatic heterocycles. The van der Waals surface area contributed by atoms with Crippen LogP contribution in [0.15, 0.2) is 6.07 Å². The predicted molar refractivity (Wildman–Crippen MR) is 76.8 cm³/mol. The largest absolute Gasteiger partial charge is 0.340 e. The molecule has 1 unspecified atom stereocenters. The van der Waals surface area contributed by atoms with E-state index < -0.39 is 0 Å². The molecule has 0 bridgehead atoms. The molecule has 1 atom stereocenters. The van der Waals surface area contributed by atoms with E-state index in [-0.39, 0.29) is 0 Å². The monoisotopic (exact) mass is 260 g/mol. The van der Waals surface area contributed by atoms with Crippen LogP contribution >= 0.6 is 0 Å². The number of rotatable bonds is 5. The average molecular weight is 260 g/mol. The first-order chi connectivity index (χ1) is 9.15. The van der Waals surface area contributed by atoms with Crippen molar-refractivity contribution in [2.24, 2.45) is 13.0 Å². The van der Waals surface area contributed by atoms with E-state index in [9.17, 15) is 0 Å². The molecule has 4 nitrogen and oxygen atoms in total. The molecule has 1 saturated heterocycles.